The van der Waals surface area contributed by atoms with E-state index in [4.69, 9.17) is 0 Å². The highest BCUT2D eigenvalue weighted by atomic mass is 32.1. The Kier molecular flexibility index (Phi) is 3.40. The van der Waals surface area contributed by atoms with E-state index < -0.39 is 5.60 Å². The molecule has 1 aromatic rings. The summed E-state index contributed by atoms with van der Waals surface area (Å²) in [7, 11) is 0. The second-order valence-corrected chi connectivity index (χ2v) is 4.81. The van der Waals surface area contributed by atoms with E-state index >= 15 is 0 Å². The van der Waals surface area contributed by atoms with Gasteiger partial charge < -0.3 is 15.7 Å². The van der Waals surface area contributed by atoms with Crippen LogP contribution in [0.1, 0.15) is 25.0 Å². The van der Waals surface area contributed by atoms with Crippen LogP contribution in [-0.2, 0) is 6.54 Å². The minimum atomic E-state index is -0.669. The maximum absolute atomic E-state index is 11.4. The molecule has 2 rings (SSSR count). The lowest BCUT2D eigenvalue weighted by Gasteiger charge is -2.36. The number of thiazole rings is 1. The Labute approximate surface area is 97.9 Å². The van der Waals surface area contributed by atoms with Gasteiger partial charge in [-0.25, -0.2) is 9.78 Å². The van der Waals surface area contributed by atoms with Crippen LogP contribution in [0.25, 0.3) is 0 Å². The van der Waals surface area contributed by atoms with E-state index in [2.05, 4.69) is 15.6 Å². The lowest BCUT2D eigenvalue weighted by atomic mass is 9.80. The van der Waals surface area contributed by atoms with Gasteiger partial charge >= 0.3 is 6.03 Å². The van der Waals surface area contributed by atoms with Crippen LogP contribution in [0.5, 0.6) is 0 Å². The summed E-state index contributed by atoms with van der Waals surface area (Å²) < 4.78 is 0. The number of nitrogens with zero attached hydrogens (tertiary/aromatic N) is 1. The number of urea groups is 1. The molecule has 0 atom stereocenters. The number of hydrogen-bond acceptors (Lipinski definition) is 4. The van der Waals surface area contributed by atoms with Gasteiger partial charge in [-0.1, -0.05) is 0 Å². The van der Waals surface area contributed by atoms with E-state index in [1.807, 2.05) is 5.38 Å². The lowest BCUT2D eigenvalue weighted by Crippen LogP contribution is -2.49. The van der Waals surface area contributed by atoms with E-state index in [1.54, 1.807) is 5.51 Å². The van der Waals surface area contributed by atoms with Gasteiger partial charge in [0.1, 0.15) is 0 Å². The van der Waals surface area contributed by atoms with Crippen LogP contribution in [0.15, 0.2) is 10.9 Å². The highest BCUT2D eigenvalue weighted by Crippen LogP contribution is 2.30. The molecule has 0 unspecified atom stereocenters. The molecule has 0 bridgehead atoms. The predicted molar refractivity (Wildman–Crippen MR) is 61.2 cm³/mol. The molecule has 0 radical (unpaired) electrons. The first-order chi connectivity index (χ1) is 7.68. The summed E-state index contributed by atoms with van der Waals surface area (Å²) in [6.45, 7) is 0.754. The van der Waals surface area contributed by atoms with Crippen molar-refractivity contribution < 1.29 is 9.90 Å². The first kappa shape index (κ1) is 11.3. The molecule has 0 aliphatic heterocycles. The number of aliphatic hydroxyl groups is 1. The van der Waals surface area contributed by atoms with Crippen LogP contribution in [0.2, 0.25) is 0 Å². The average Bonchev–Trinajstić information content (AvgIpc) is 2.73. The molecular formula is C10H15N3O2S. The SMILES string of the molecule is O=C(NCc1cscn1)NCC1(O)CCC1. The molecule has 1 aromatic heterocycles. The fourth-order valence-electron chi connectivity index (χ4n) is 1.56. The number of hydrogen-bond donors (Lipinski definition) is 3. The molecule has 0 aromatic carbocycles. The summed E-state index contributed by atoms with van der Waals surface area (Å²) in [5.74, 6) is 0. The van der Waals surface area contributed by atoms with Crippen molar-refractivity contribution >= 4 is 17.4 Å². The molecular weight excluding hydrogens is 226 g/mol. The summed E-state index contributed by atoms with van der Waals surface area (Å²) in [5, 5.41) is 17.0. The monoisotopic (exact) mass is 241 g/mol. The molecule has 5 nitrogen and oxygen atoms in total. The fraction of sp³-hybridized carbons (Fsp3) is 0.600. The molecule has 88 valence electrons. The van der Waals surface area contributed by atoms with Crippen LogP contribution in [-0.4, -0.2) is 28.3 Å². The van der Waals surface area contributed by atoms with Gasteiger partial charge in [-0.3, -0.25) is 0 Å². The van der Waals surface area contributed by atoms with Crippen molar-refractivity contribution in [2.75, 3.05) is 6.54 Å². The molecule has 16 heavy (non-hydrogen) atoms. The van der Waals surface area contributed by atoms with Gasteiger partial charge in [-0.15, -0.1) is 11.3 Å². The second-order valence-electron chi connectivity index (χ2n) is 4.09. The highest BCUT2D eigenvalue weighted by molar-refractivity contribution is 7.07. The van der Waals surface area contributed by atoms with Crippen LogP contribution in [0.3, 0.4) is 0 Å². The van der Waals surface area contributed by atoms with Crippen LogP contribution in [0, 0.1) is 0 Å². The molecule has 0 spiro atoms. The molecule has 1 aliphatic rings. The average molecular weight is 241 g/mol. The van der Waals surface area contributed by atoms with Crippen molar-refractivity contribution in [3.63, 3.8) is 0 Å². The Balaban J connectivity index is 1.65. The zero-order chi connectivity index (χ0) is 11.4. The summed E-state index contributed by atoms with van der Waals surface area (Å²) in [4.78, 5) is 15.4. The topological polar surface area (TPSA) is 74.2 Å². The Morgan fingerprint density at radius 2 is 2.38 bits per heavy atom. The minimum Gasteiger partial charge on any atom is -0.388 e. The van der Waals surface area contributed by atoms with Gasteiger partial charge in [0.25, 0.3) is 0 Å². The molecule has 1 saturated carbocycles. The second kappa shape index (κ2) is 4.80. The first-order valence-electron chi connectivity index (χ1n) is 5.29. The summed E-state index contributed by atoms with van der Waals surface area (Å²) in [6, 6.07) is -0.256. The van der Waals surface area contributed by atoms with Crippen molar-refractivity contribution in [1.29, 1.82) is 0 Å². The number of carbonyl (C=O) groups excluding carboxylic acids is 1. The molecule has 1 fully saturated rings. The summed E-state index contributed by atoms with van der Waals surface area (Å²) >= 11 is 1.50. The van der Waals surface area contributed by atoms with E-state index in [1.165, 1.54) is 11.3 Å². The first-order valence-corrected chi connectivity index (χ1v) is 6.23. The van der Waals surface area contributed by atoms with E-state index in [-0.39, 0.29) is 6.03 Å². The smallest absolute Gasteiger partial charge is 0.315 e. The number of nitrogens with one attached hydrogen (secondary N) is 2. The lowest BCUT2D eigenvalue weighted by molar-refractivity contribution is -0.0290. The van der Waals surface area contributed by atoms with Crippen molar-refractivity contribution in [1.82, 2.24) is 15.6 Å². The van der Waals surface area contributed by atoms with Gasteiger partial charge in [0.2, 0.25) is 0 Å². The summed E-state index contributed by atoms with van der Waals surface area (Å²) in [5.41, 5.74) is 1.91. The zero-order valence-electron chi connectivity index (χ0n) is 8.90. The largest absolute Gasteiger partial charge is 0.388 e. The Morgan fingerprint density at radius 3 is 2.94 bits per heavy atom. The van der Waals surface area contributed by atoms with Crippen LogP contribution in [0.4, 0.5) is 4.79 Å². The Morgan fingerprint density at radius 1 is 1.56 bits per heavy atom. The normalized spacial score (nSPS) is 17.6. The fourth-order valence-corrected chi connectivity index (χ4v) is 2.12. The third-order valence-corrected chi connectivity index (χ3v) is 3.41. The Hall–Kier alpha value is -1.14. The third kappa shape index (κ3) is 2.93. The van der Waals surface area contributed by atoms with Crippen molar-refractivity contribution in [3.8, 4) is 0 Å². The molecule has 0 saturated heterocycles. The minimum absolute atomic E-state index is 0.256. The number of aromatic nitrogens is 1. The van der Waals surface area contributed by atoms with E-state index in [0.29, 0.717) is 13.1 Å². The zero-order valence-corrected chi connectivity index (χ0v) is 9.72. The molecule has 6 heteroatoms. The predicted octanol–water partition coefficient (Wildman–Crippen LogP) is 0.857. The standard InChI is InChI=1S/C10H15N3O2S/c14-9(11-4-8-5-16-7-13-8)12-6-10(15)2-1-3-10/h5,7,15H,1-4,6H2,(H2,11,12,14). The number of rotatable bonds is 4. The third-order valence-electron chi connectivity index (χ3n) is 2.78. The van der Waals surface area contributed by atoms with Crippen molar-refractivity contribution in [3.05, 3.63) is 16.6 Å². The van der Waals surface area contributed by atoms with E-state index in [0.717, 1.165) is 25.0 Å². The maximum Gasteiger partial charge on any atom is 0.315 e. The van der Waals surface area contributed by atoms with Crippen LogP contribution < -0.4 is 10.6 Å². The summed E-state index contributed by atoms with van der Waals surface area (Å²) in [6.07, 6.45) is 2.59. The molecule has 2 amide bonds. The van der Waals surface area contributed by atoms with Crippen LogP contribution >= 0.6 is 11.3 Å². The molecule has 3 N–H and O–H groups in total. The van der Waals surface area contributed by atoms with Crippen molar-refractivity contribution in [2.45, 2.75) is 31.4 Å². The van der Waals surface area contributed by atoms with Gasteiger partial charge in [-0.05, 0) is 19.3 Å². The highest BCUT2D eigenvalue weighted by Gasteiger charge is 2.34. The molecule has 1 heterocycles. The van der Waals surface area contributed by atoms with Gasteiger partial charge in [0, 0.05) is 11.9 Å². The quantitative estimate of drug-likeness (QED) is 0.732. The Bertz CT molecular complexity index is 349. The molecule has 1 aliphatic carbocycles. The van der Waals surface area contributed by atoms with Gasteiger partial charge in [0.05, 0.1) is 23.4 Å². The van der Waals surface area contributed by atoms with Gasteiger partial charge in [0.15, 0.2) is 0 Å². The van der Waals surface area contributed by atoms with Crippen molar-refractivity contribution in [2.24, 2.45) is 0 Å². The van der Waals surface area contributed by atoms with Gasteiger partial charge in [-0.2, -0.15) is 0 Å². The number of amides is 2. The maximum atomic E-state index is 11.4. The number of carbonyl (C=O) groups is 1. The van der Waals surface area contributed by atoms with E-state index in [9.17, 15) is 9.90 Å².